The van der Waals surface area contributed by atoms with Gasteiger partial charge in [0.2, 0.25) is 0 Å². The van der Waals surface area contributed by atoms with E-state index in [1.165, 1.54) is 22.3 Å². The van der Waals surface area contributed by atoms with Crippen LogP contribution < -0.4 is 5.32 Å². The summed E-state index contributed by atoms with van der Waals surface area (Å²) in [5.41, 5.74) is 5.46. The van der Waals surface area contributed by atoms with Gasteiger partial charge in [0.05, 0.1) is 11.2 Å². The Labute approximate surface area is 224 Å². The average Bonchev–Trinajstić information content (AvgIpc) is 3.30. The summed E-state index contributed by atoms with van der Waals surface area (Å²) in [7, 11) is -0.605. The van der Waals surface area contributed by atoms with Gasteiger partial charge < -0.3 is 19.4 Å². The highest BCUT2D eigenvalue weighted by atomic mass is 32.1. The molecule has 1 N–H and O–H groups in total. The minimum absolute atomic E-state index is 0.00678. The Bertz CT molecular complexity index is 1290. The lowest BCUT2D eigenvalue weighted by atomic mass is 9.77. The van der Waals surface area contributed by atoms with Crippen molar-refractivity contribution in [3.05, 3.63) is 95.0 Å². The third kappa shape index (κ3) is 5.08. The number of hydrogen-bond donors (Lipinski definition) is 2. The van der Waals surface area contributed by atoms with Crippen molar-refractivity contribution in [2.75, 3.05) is 13.2 Å². The highest BCUT2D eigenvalue weighted by Crippen LogP contribution is 2.44. The van der Waals surface area contributed by atoms with Gasteiger partial charge >= 0.3 is 13.2 Å². The number of carbonyl (C=O) groups excluding carboxylic acids is 1. The fourth-order valence-corrected chi connectivity index (χ4v) is 5.05. The van der Waals surface area contributed by atoms with Crippen LogP contribution in [0.4, 0.5) is 4.79 Å². The molecule has 3 aromatic carbocycles. The first-order valence-electron chi connectivity index (χ1n) is 12.6. The standard InChI is InChI=1S/C30H32BNO4S/c1-29(2)30(3,4)36-31(35-29)21(17-20-11-5-10-16-27(20)37)18-32-28(33)34-19-26-24-14-8-6-12-22(24)23-13-7-9-15-25(23)26/h5-17,26,37H,18-19H2,1-4H3,(H,32,33). The fraction of sp³-hybridized carbons (Fsp3) is 0.300. The topological polar surface area (TPSA) is 56.8 Å². The lowest BCUT2D eigenvalue weighted by Crippen LogP contribution is -2.41. The van der Waals surface area contributed by atoms with Crippen LogP contribution in [-0.4, -0.2) is 37.6 Å². The molecule has 5 nitrogen and oxygen atoms in total. The monoisotopic (exact) mass is 513 g/mol. The van der Waals surface area contributed by atoms with Gasteiger partial charge in [0, 0.05) is 17.4 Å². The molecule has 1 fully saturated rings. The molecular weight excluding hydrogens is 481 g/mol. The number of hydrogen-bond acceptors (Lipinski definition) is 5. The Kier molecular flexibility index (Phi) is 6.96. The van der Waals surface area contributed by atoms with Gasteiger partial charge in [-0.25, -0.2) is 4.79 Å². The molecule has 1 saturated heterocycles. The largest absolute Gasteiger partial charge is 0.492 e. The zero-order valence-electron chi connectivity index (χ0n) is 21.7. The van der Waals surface area contributed by atoms with Gasteiger partial charge in [0.15, 0.2) is 0 Å². The Morgan fingerprint density at radius 1 is 0.919 bits per heavy atom. The van der Waals surface area contributed by atoms with E-state index in [9.17, 15) is 4.79 Å². The summed E-state index contributed by atoms with van der Waals surface area (Å²) >= 11 is 4.58. The van der Waals surface area contributed by atoms with Crippen LogP contribution in [-0.2, 0) is 14.0 Å². The van der Waals surface area contributed by atoms with E-state index in [1.807, 2.05) is 82.3 Å². The van der Waals surface area contributed by atoms with Gasteiger partial charge in [-0.1, -0.05) is 72.8 Å². The maximum atomic E-state index is 12.9. The maximum Gasteiger partial charge on any atom is 0.492 e. The van der Waals surface area contributed by atoms with Crippen molar-refractivity contribution in [2.24, 2.45) is 0 Å². The Hall–Kier alpha value is -3.00. The van der Waals surface area contributed by atoms with E-state index in [0.29, 0.717) is 0 Å². The third-order valence-electron chi connectivity index (χ3n) is 7.61. The van der Waals surface area contributed by atoms with Crippen molar-refractivity contribution < 1.29 is 18.8 Å². The number of nitrogens with one attached hydrogen (secondary N) is 1. The van der Waals surface area contributed by atoms with Gasteiger partial charge in [0.25, 0.3) is 0 Å². The normalized spacial score (nSPS) is 17.9. The zero-order valence-corrected chi connectivity index (χ0v) is 22.5. The summed E-state index contributed by atoms with van der Waals surface area (Å²) in [6.45, 7) is 8.52. The maximum absolute atomic E-state index is 12.9. The van der Waals surface area contributed by atoms with E-state index in [2.05, 4.69) is 42.2 Å². The smallest absolute Gasteiger partial charge is 0.449 e. The van der Waals surface area contributed by atoms with Gasteiger partial charge in [0.1, 0.15) is 6.61 Å². The number of fused-ring (bicyclic) bond motifs is 3. The minimum Gasteiger partial charge on any atom is -0.449 e. The van der Waals surface area contributed by atoms with Crippen molar-refractivity contribution in [3.63, 3.8) is 0 Å². The predicted octanol–water partition coefficient (Wildman–Crippen LogP) is 6.53. The summed E-state index contributed by atoms with van der Waals surface area (Å²) in [5, 5.41) is 2.91. The van der Waals surface area contributed by atoms with E-state index in [4.69, 9.17) is 14.0 Å². The third-order valence-corrected chi connectivity index (χ3v) is 8.02. The number of thiol groups is 1. The van der Waals surface area contributed by atoms with Crippen LogP contribution in [0.3, 0.4) is 0 Å². The molecule has 7 heteroatoms. The highest BCUT2D eigenvalue weighted by molar-refractivity contribution is 7.80. The van der Waals surface area contributed by atoms with Gasteiger partial charge in [-0.05, 0) is 67.1 Å². The van der Waals surface area contributed by atoms with Crippen LogP contribution in [0.1, 0.15) is 50.3 Å². The number of rotatable bonds is 6. The van der Waals surface area contributed by atoms with Crippen molar-refractivity contribution in [3.8, 4) is 11.1 Å². The summed E-state index contributed by atoms with van der Waals surface area (Å²) in [5.74, 6) is 0.00678. The molecule has 0 atom stereocenters. The molecule has 0 aromatic heterocycles. The first-order valence-corrected chi connectivity index (χ1v) is 13.0. The molecule has 190 valence electrons. The Morgan fingerprint density at radius 3 is 2.05 bits per heavy atom. The molecule has 37 heavy (non-hydrogen) atoms. The predicted molar refractivity (Wildman–Crippen MR) is 151 cm³/mol. The number of amides is 1. The fourth-order valence-electron chi connectivity index (χ4n) is 4.83. The van der Waals surface area contributed by atoms with E-state index in [1.54, 1.807) is 0 Å². The van der Waals surface area contributed by atoms with Crippen molar-refractivity contribution in [1.82, 2.24) is 5.32 Å². The van der Waals surface area contributed by atoms with Crippen LogP contribution in [0.25, 0.3) is 17.2 Å². The van der Waals surface area contributed by atoms with Crippen LogP contribution in [0, 0.1) is 0 Å². The van der Waals surface area contributed by atoms with Crippen LogP contribution >= 0.6 is 12.6 Å². The SMILES string of the molecule is CC1(C)OB(C(=Cc2ccccc2S)CNC(=O)OCC2c3ccccc3-c3ccccc32)OC1(C)C. The Balaban J connectivity index is 1.30. The second-order valence-corrected chi connectivity index (χ2v) is 11.0. The molecular formula is C30H32BNO4S. The summed E-state index contributed by atoms with van der Waals surface area (Å²) in [4.78, 5) is 13.7. The first kappa shape index (κ1) is 25.6. The molecule has 5 rings (SSSR count). The molecule has 1 amide bonds. The first-order chi connectivity index (χ1) is 17.7. The molecule has 3 aromatic rings. The van der Waals surface area contributed by atoms with E-state index in [-0.39, 0.29) is 19.1 Å². The molecule has 0 unspecified atom stereocenters. The molecule has 1 aliphatic carbocycles. The zero-order chi connectivity index (χ0) is 26.2. The summed E-state index contributed by atoms with van der Waals surface area (Å²) in [6, 6.07) is 24.4. The van der Waals surface area contributed by atoms with Gasteiger partial charge in [-0.3, -0.25) is 0 Å². The second kappa shape index (κ2) is 10.0. The molecule has 0 radical (unpaired) electrons. The van der Waals surface area contributed by atoms with Crippen LogP contribution in [0.2, 0.25) is 0 Å². The molecule has 2 aliphatic rings. The van der Waals surface area contributed by atoms with E-state index in [0.717, 1.165) is 15.9 Å². The molecule has 1 aliphatic heterocycles. The van der Waals surface area contributed by atoms with E-state index >= 15 is 0 Å². The van der Waals surface area contributed by atoms with Gasteiger partial charge in [-0.2, -0.15) is 0 Å². The van der Waals surface area contributed by atoms with Crippen LogP contribution in [0.5, 0.6) is 0 Å². The molecule has 0 spiro atoms. The number of carbonyl (C=O) groups is 1. The molecule has 0 saturated carbocycles. The number of benzene rings is 3. The highest BCUT2D eigenvalue weighted by Gasteiger charge is 2.52. The lowest BCUT2D eigenvalue weighted by molar-refractivity contribution is 0.00578. The summed E-state index contributed by atoms with van der Waals surface area (Å²) in [6.07, 6.45) is 1.48. The summed E-state index contributed by atoms with van der Waals surface area (Å²) < 4.78 is 18.3. The second-order valence-electron chi connectivity index (χ2n) is 10.5. The number of ether oxygens (including phenoxy) is 1. The van der Waals surface area contributed by atoms with Crippen molar-refractivity contribution >= 4 is 31.9 Å². The lowest BCUT2D eigenvalue weighted by Gasteiger charge is -2.32. The van der Waals surface area contributed by atoms with Crippen molar-refractivity contribution in [1.29, 1.82) is 0 Å². The van der Waals surface area contributed by atoms with Gasteiger partial charge in [-0.15, -0.1) is 12.6 Å². The van der Waals surface area contributed by atoms with E-state index < -0.39 is 24.4 Å². The Morgan fingerprint density at radius 2 is 1.46 bits per heavy atom. The average molecular weight is 513 g/mol. The quantitative estimate of drug-likeness (QED) is 0.291. The molecule has 1 heterocycles. The van der Waals surface area contributed by atoms with Crippen LogP contribution in [0.15, 0.2) is 83.2 Å². The molecule has 0 bridgehead atoms. The minimum atomic E-state index is -0.605. The van der Waals surface area contributed by atoms with Crippen molar-refractivity contribution in [2.45, 2.75) is 49.7 Å². The number of alkyl carbamates (subject to hydrolysis) is 1.